The van der Waals surface area contributed by atoms with E-state index in [9.17, 15) is 0 Å². The van der Waals surface area contributed by atoms with Crippen LogP contribution in [-0.4, -0.2) is 9.94 Å². The van der Waals surface area contributed by atoms with Crippen LogP contribution in [0.1, 0.15) is 25.0 Å². The molecular formula is C34H28N3+. The van der Waals surface area contributed by atoms with Gasteiger partial charge in [-0.2, -0.15) is 0 Å². The van der Waals surface area contributed by atoms with Gasteiger partial charge in [-0.1, -0.05) is 60.7 Å². The van der Waals surface area contributed by atoms with Crippen LogP contribution >= 0.6 is 0 Å². The van der Waals surface area contributed by atoms with Crippen molar-refractivity contribution in [2.75, 3.05) is 0 Å². The fraction of sp³-hybridized carbons (Fsp3) is 0.176. The molecule has 178 valence electrons. The highest BCUT2D eigenvalue weighted by molar-refractivity contribution is 6.27. The number of hydrogen-bond acceptors (Lipinski definition) is 0. The third kappa shape index (κ3) is 3.02. The Morgan fingerprint density at radius 3 is 2.46 bits per heavy atom. The number of pyridine rings is 2. The summed E-state index contributed by atoms with van der Waals surface area (Å²) in [5.41, 5.74) is 9.51. The molecule has 0 unspecified atom stereocenters. The maximum Gasteiger partial charge on any atom is 0.231 e. The first-order chi connectivity index (χ1) is 17.9. The van der Waals surface area contributed by atoms with E-state index in [1.54, 1.807) is 0 Å². The van der Waals surface area contributed by atoms with Crippen LogP contribution in [0.5, 0.6) is 0 Å². The van der Waals surface area contributed by atoms with Crippen molar-refractivity contribution in [2.24, 2.45) is 7.05 Å². The van der Waals surface area contributed by atoms with Gasteiger partial charge in [0.25, 0.3) is 0 Å². The van der Waals surface area contributed by atoms with Gasteiger partial charge in [0.2, 0.25) is 11.1 Å². The number of rotatable bonds is 3. The predicted octanol–water partition coefficient (Wildman–Crippen LogP) is 8.03. The van der Waals surface area contributed by atoms with Gasteiger partial charge in [0.15, 0.2) is 6.20 Å². The Kier molecular flexibility index (Phi) is 4.45. The van der Waals surface area contributed by atoms with Gasteiger partial charge in [0.1, 0.15) is 7.05 Å². The molecule has 3 aromatic heterocycles. The second-order valence-electron chi connectivity index (χ2n) is 11.0. The Bertz CT molecular complexity index is 2050. The zero-order chi connectivity index (χ0) is 25.5. The van der Waals surface area contributed by atoms with Gasteiger partial charge in [0.05, 0.1) is 33.7 Å². The van der Waals surface area contributed by atoms with E-state index in [1.165, 1.54) is 71.3 Å². The largest absolute Gasteiger partial charge is 0.311 e. The number of aryl methyl sites for hydroxylation is 2. The highest BCUT2D eigenvalue weighted by Gasteiger charge is 2.27. The number of hydrogen-bond donors (Lipinski definition) is 0. The van der Waals surface area contributed by atoms with Crippen LogP contribution in [0.15, 0.2) is 85.1 Å². The lowest BCUT2D eigenvalue weighted by Gasteiger charge is -2.16. The van der Waals surface area contributed by atoms with Crippen LogP contribution < -0.4 is 4.57 Å². The minimum absolute atomic E-state index is 0.444. The first-order valence-corrected chi connectivity index (χ1v) is 12.8. The number of benzene rings is 4. The summed E-state index contributed by atoms with van der Waals surface area (Å²) in [6.07, 6.45) is 2.89. The highest BCUT2D eigenvalue weighted by Crippen LogP contribution is 2.43. The fourth-order valence-electron chi connectivity index (χ4n) is 6.32. The molecule has 0 N–H and O–H groups in total. The van der Waals surface area contributed by atoms with E-state index in [-0.39, 0.29) is 0 Å². The molecule has 3 heteroatoms. The molecular weight excluding hydrogens is 450 g/mol. The SMILES string of the molecule is [C-]#[N+]C(C)(C)Cc1cc2cc[n+](C)c3c4c(C)ccc5c6c(-c7ccccc7)cccc6n(c(c1)c23)c54. The molecule has 0 amide bonds. The fourth-order valence-corrected chi connectivity index (χ4v) is 6.32. The van der Waals surface area contributed by atoms with Crippen LogP contribution in [0, 0.1) is 13.5 Å². The van der Waals surface area contributed by atoms with Crippen molar-refractivity contribution in [3.63, 3.8) is 0 Å². The van der Waals surface area contributed by atoms with Gasteiger partial charge in [-0.05, 0) is 46.7 Å². The average Bonchev–Trinajstić information content (AvgIpc) is 3.24. The standard InChI is InChI=1S/C34H28N3/c1-21-14-15-26-31-25(23-10-7-6-8-11-23)12-9-13-27(31)37-28-19-22(20-34(2,3)35-4)18-24-16-17-36(5)33(30(24)28)29(21)32(26)37/h6-19H,20H2,1-3,5H3/q+1. The zero-order valence-electron chi connectivity index (χ0n) is 21.6. The van der Waals surface area contributed by atoms with Crippen LogP contribution in [0.3, 0.4) is 0 Å². The van der Waals surface area contributed by atoms with Crippen molar-refractivity contribution in [3.05, 3.63) is 108 Å². The molecule has 3 heterocycles. The average molecular weight is 479 g/mol. The molecule has 0 saturated carbocycles. The monoisotopic (exact) mass is 478 g/mol. The summed E-state index contributed by atoms with van der Waals surface area (Å²) in [5, 5.41) is 6.39. The molecule has 0 spiro atoms. The van der Waals surface area contributed by atoms with Crippen molar-refractivity contribution in [1.29, 1.82) is 0 Å². The van der Waals surface area contributed by atoms with Crippen molar-refractivity contribution >= 4 is 49.0 Å². The van der Waals surface area contributed by atoms with Gasteiger partial charge in [-0.25, -0.2) is 11.1 Å². The van der Waals surface area contributed by atoms with Gasteiger partial charge >= 0.3 is 0 Å². The van der Waals surface area contributed by atoms with Gasteiger partial charge < -0.3 is 9.25 Å². The molecule has 7 aromatic rings. The lowest BCUT2D eigenvalue weighted by molar-refractivity contribution is -0.643. The molecule has 0 bridgehead atoms. The molecule has 0 saturated heterocycles. The topological polar surface area (TPSA) is 12.7 Å². The van der Waals surface area contributed by atoms with E-state index in [0.717, 1.165) is 0 Å². The van der Waals surface area contributed by atoms with Crippen LogP contribution in [-0.2, 0) is 13.5 Å². The van der Waals surface area contributed by atoms with Crippen molar-refractivity contribution < 1.29 is 4.57 Å². The maximum absolute atomic E-state index is 7.71. The smallest absolute Gasteiger partial charge is 0.231 e. The van der Waals surface area contributed by atoms with E-state index in [1.807, 2.05) is 13.8 Å². The first-order valence-electron chi connectivity index (χ1n) is 12.8. The quantitative estimate of drug-likeness (QED) is 0.106. The van der Waals surface area contributed by atoms with Crippen LogP contribution in [0.2, 0.25) is 0 Å². The molecule has 0 fully saturated rings. The third-order valence-electron chi connectivity index (χ3n) is 7.94. The van der Waals surface area contributed by atoms with E-state index in [2.05, 4.69) is 113 Å². The molecule has 0 aliphatic heterocycles. The number of nitrogens with zero attached hydrogens (tertiary/aromatic N) is 3. The minimum atomic E-state index is -0.444. The molecule has 3 nitrogen and oxygen atoms in total. The van der Waals surface area contributed by atoms with Crippen molar-refractivity contribution in [3.8, 4) is 11.1 Å². The predicted molar refractivity (Wildman–Crippen MR) is 154 cm³/mol. The second kappa shape index (κ2) is 7.54. The minimum Gasteiger partial charge on any atom is -0.311 e. The molecule has 0 aliphatic carbocycles. The molecule has 37 heavy (non-hydrogen) atoms. The van der Waals surface area contributed by atoms with Crippen LogP contribution in [0.25, 0.3) is 65.0 Å². The molecule has 0 atom stereocenters. The van der Waals surface area contributed by atoms with E-state index in [0.29, 0.717) is 6.42 Å². The molecule has 0 aliphatic rings. The molecule has 4 aromatic carbocycles. The highest BCUT2D eigenvalue weighted by atomic mass is 15.0. The van der Waals surface area contributed by atoms with Gasteiger partial charge in [-0.15, -0.1) is 0 Å². The second-order valence-corrected chi connectivity index (χ2v) is 11.0. The summed E-state index contributed by atoms with van der Waals surface area (Å²) in [6.45, 7) is 14.0. The number of aromatic nitrogens is 2. The summed E-state index contributed by atoms with van der Waals surface area (Å²) in [7, 11) is 2.15. The number of fused-ring (bicyclic) bond motifs is 5. The Morgan fingerprint density at radius 1 is 0.865 bits per heavy atom. The van der Waals surface area contributed by atoms with Crippen LogP contribution in [0.4, 0.5) is 0 Å². The summed E-state index contributed by atoms with van der Waals surface area (Å²) < 4.78 is 4.76. The zero-order valence-corrected chi connectivity index (χ0v) is 21.6. The Hall–Kier alpha value is -4.42. The summed E-state index contributed by atoms with van der Waals surface area (Å²) >= 11 is 0. The van der Waals surface area contributed by atoms with E-state index >= 15 is 0 Å². The third-order valence-corrected chi connectivity index (χ3v) is 7.94. The maximum atomic E-state index is 7.71. The summed E-state index contributed by atoms with van der Waals surface area (Å²) in [6, 6.07) is 28.8. The van der Waals surface area contributed by atoms with E-state index in [4.69, 9.17) is 6.57 Å². The van der Waals surface area contributed by atoms with Gasteiger partial charge in [0, 0.05) is 30.7 Å². The normalized spacial score (nSPS) is 12.4. The van der Waals surface area contributed by atoms with Gasteiger partial charge in [-0.3, -0.25) is 0 Å². The molecule has 7 rings (SSSR count). The van der Waals surface area contributed by atoms with Crippen molar-refractivity contribution in [1.82, 2.24) is 4.40 Å². The summed E-state index contributed by atoms with van der Waals surface area (Å²) in [4.78, 5) is 3.91. The lowest BCUT2D eigenvalue weighted by atomic mass is 9.92. The summed E-state index contributed by atoms with van der Waals surface area (Å²) in [5.74, 6) is 0. The Morgan fingerprint density at radius 2 is 1.68 bits per heavy atom. The first kappa shape index (κ1) is 21.8. The molecule has 0 radical (unpaired) electrons. The van der Waals surface area contributed by atoms with E-state index < -0.39 is 5.54 Å². The Balaban J connectivity index is 1.76. The lowest BCUT2D eigenvalue weighted by Crippen LogP contribution is -2.29. The van der Waals surface area contributed by atoms with Crippen molar-refractivity contribution in [2.45, 2.75) is 32.7 Å². The Labute approximate surface area is 216 Å².